The number of nitrogens with zero attached hydrogens (tertiary/aromatic N) is 1. The van der Waals surface area contributed by atoms with Crippen LogP contribution in [0.5, 0.6) is 0 Å². The van der Waals surface area contributed by atoms with Crippen LogP contribution < -0.4 is 10.6 Å². The number of hydrogen-bond donors (Lipinski definition) is 3. The van der Waals surface area contributed by atoms with Gasteiger partial charge in [-0.1, -0.05) is 0 Å². The number of nitriles is 1. The topological polar surface area (TPSA) is 102 Å². The van der Waals surface area contributed by atoms with E-state index in [1.165, 1.54) is 0 Å². The van der Waals surface area contributed by atoms with Gasteiger partial charge in [-0.25, -0.2) is 0 Å². The fourth-order valence-electron chi connectivity index (χ4n) is 1.40. The summed E-state index contributed by atoms with van der Waals surface area (Å²) in [5.74, 6) is -1.05. The van der Waals surface area contributed by atoms with E-state index >= 15 is 0 Å². The van der Waals surface area contributed by atoms with Gasteiger partial charge in [-0.15, -0.1) is 0 Å². The van der Waals surface area contributed by atoms with Crippen molar-refractivity contribution in [1.29, 1.82) is 5.26 Å². The van der Waals surface area contributed by atoms with E-state index in [4.69, 9.17) is 10.4 Å². The molecule has 0 aliphatic carbocycles. The van der Waals surface area contributed by atoms with Crippen molar-refractivity contribution < 1.29 is 14.7 Å². The molecule has 1 aromatic rings. The Balaban J connectivity index is 2.23. The third-order valence-corrected chi connectivity index (χ3v) is 2.33. The number of anilines is 1. The summed E-state index contributed by atoms with van der Waals surface area (Å²) < 4.78 is 0. The highest BCUT2D eigenvalue weighted by Crippen LogP contribution is 2.08. The number of nitrogens with one attached hydrogen (secondary N) is 2. The summed E-state index contributed by atoms with van der Waals surface area (Å²) in [5, 5.41) is 22.6. The maximum atomic E-state index is 11.5. The quantitative estimate of drug-likeness (QED) is 0.634. The van der Waals surface area contributed by atoms with Crippen molar-refractivity contribution in [2.75, 3.05) is 18.4 Å². The minimum absolute atomic E-state index is 0.0875. The van der Waals surface area contributed by atoms with Crippen LogP contribution in [0.25, 0.3) is 0 Å². The summed E-state index contributed by atoms with van der Waals surface area (Å²) >= 11 is 0. The Morgan fingerprint density at radius 3 is 2.53 bits per heavy atom. The fraction of sp³-hybridized carbons (Fsp3) is 0.308. The fourth-order valence-corrected chi connectivity index (χ4v) is 1.40. The number of carboxylic acids is 1. The lowest BCUT2D eigenvalue weighted by Crippen LogP contribution is -2.29. The first-order valence-corrected chi connectivity index (χ1v) is 5.84. The van der Waals surface area contributed by atoms with Gasteiger partial charge in [0.1, 0.15) is 0 Å². The Hall–Kier alpha value is -2.39. The molecule has 0 unspecified atom stereocenters. The zero-order chi connectivity index (χ0) is 14.1. The highest BCUT2D eigenvalue weighted by atomic mass is 16.4. The molecule has 6 heteroatoms. The van der Waals surface area contributed by atoms with E-state index in [1.807, 2.05) is 6.07 Å². The average Bonchev–Trinajstić information content (AvgIpc) is 2.39. The predicted octanol–water partition coefficient (Wildman–Crippen LogP) is 0.951. The molecule has 100 valence electrons. The van der Waals surface area contributed by atoms with Crippen LogP contribution >= 0.6 is 0 Å². The van der Waals surface area contributed by atoms with Gasteiger partial charge in [0.25, 0.3) is 0 Å². The summed E-state index contributed by atoms with van der Waals surface area (Å²) in [6, 6.07) is 8.54. The first-order chi connectivity index (χ1) is 9.11. The molecule has 0 fully saturated rings. The summed E-state index contributed by atoms with van der Waals surface area (Å²) in [6.45, 7) is 0.604. The van der Waals surface area contributed by atoms with Crippen LogP contribution in [0, 0.1) is 11.3 Å². The van der Waals surface area contributed by atoms with Crippen molar-refractivity contribution in [3.63, 3.8) is 0 Å². The van der Waals surface area contributed by atoms with E-state index in [0.717, 1.165) is 0 Å². The minimum Gasteiger partial charge on any atom is -0.481 e. The number of carbonyl (C=O) groups is 2. The first-order valence-electron chi connectivity index (χ1n) is 5.84. The van der Waals surface area contributed by atoms with Gasteiger partial charge in [0.15, 0.2) is 0 Å². The molecule has 1 amide bonds. The number of rotatable bonds is 7. The Morgan fingerprint density at radius 1 is 1.26 bits per heavy atom. The molecule has 19 heavy (non-hydrogen) atoms. The number of hydrogen-bond acceptors (Lipinski definition) is 4. The number of carboxylic acid groups (broad SMARTS) is 1. The van der Waals surface area contributed by atoms with E-state index in [2.05, 4.69) is 10.6 Å². The van der Waals surface area contributed by atoms with Gasteiger partial charge in [-0.3, -0.25) is 9.59 Å². The summed E-state index contributed by atoms with van der Waals surface area (Å²) in [7, 11) is 0. The van der Waals surface area contributed by atoms with Crippen molar-refractivity contribution in [1.82, 2.24) is 5.32 Å². The molecule has 6 nitrogen and oxygen atoms in total. The Kier molecular flexibility index (Phi) is 6.06. The highest BCUT2D eigenvalue weighted by molar-refractivity contribution is 5.92. The van der Waals surface area contributed by atoms with Gasteiger partial charge in [-0.05, 0) is 37.2 Å². The molecule has 0 bridgehead atoms. The number of amides is 1. The molecule has 3 N–H and O–H groups in total. The molecule has 0 aromatic heterocycles. The van der Waals surface area contributed by atoms with Crippen LogP contribution in [0.3, 0.4) is 0 Å². The number of carbonyl (C=O) groups excluding carboxylic acids is 1. The zero-order valence-electron chi connectivity index (χ0n) is 10.3. The molecule has 1 rings (SSSR count). The van der Waals surface area contributed by atoms with E-state index in [1.54, 1.807) is 24.3 Å². The lowest BCUT2D eigenvalue weighted by atomic mass is 10.2. The molecular weight excluding hydrogens is 246 g/mol. The van der Waals surface area contributed by atoms with Crippen LogP contribution in [0.4, 0.5) is 5.69 Å². The van der Waals surface area contributed by atoms with Crippen LogP contribution in [0.1, 0.15) is 18.4 Å². The van der Waals surface area contributed by atoms with Gasteiger partial charge >= 0.3 is 5.97 Å². The van der Waals surface area contributed by atoms with E-state index in [9.17, 15) is 9.59 Å². The number of aliphatic carboxylic acids is 1. The second kappa shape index (κ2) is 7.84. The first kappa shape index (κ1) is 14.7. The Labute approximate surface area is 111 Å². The molecule has 0 aliphatic rings. The van der Waals surface area contributed by atoms with Crippen molar-refractivity contribution in [3.8, 4) is 6.07 Å². The third kappa shape index (κ3) is 6.19. The van der Waals surface area contributed by atoms with E-state index < -0.39 is 5.97 Å². The third-order valence-electron chi connectivity index (χ3n) is 2.33. The van der Waals surface area contributed by atoms with Gasteiger partial charge in [0.2, 0.25) is 5.91 Å². The van der Waals surface area contributed by atoms with Crippen LogP contribution in [-0.4, -0.2) is 30.1 Å². The molecule has 0 radical (unpaired) electrons. The Morgan fingerprint density at radius 2 is 1.95 bits per heavy atom. The van der Waals surface area contributed by atoms with Crippen LogP contribution in [0.15, 0.2) is 24.3 Å². The predicted molar refractivity (Wildman–Crippen MR) is 69.5 cm³/mol. The molecule has 1 aromatic carbocycles. The van der Waals surface area contributed by atoms with Gasteiger partial charge < -0.3 is 15.7 Å². The second-order valence-corrected chi connectivity index (χ2v) is 3.91. The minimum atomic E-state index is -0.844. The second-order valence-electron chi connectivity index (χ2n) is 3.91. The summed E-state index contributed by atoms with van der Waals surface area (Å²) in [5.41, 5.74) is 1.15. The zero-order valence-corrected chi connectivity index (χ0v) is 10.3. The summed E-state index contributed by atoms with van der Waals surface area (Å²) in [6.07, 6.45) is 0.573. The maximum Gasteiger partial charge on any atom is 0.303 e. The Bertz CT molecular complexity index is 477. The molecule has 0 aliphatic heterocycles. The van der Waals surface area contributed by atoms with Crippen LogP contribution in [-0.2, 0) is 9.59 Å². The average molecular weight is 261 g/mol. The van der Waals surface area contributed by atoms with E-state index in [-0.39, 0.29) is 18.9 Å². The van der Waals surface area contributed by atoms with Crippen molar-refractivity contribution in [2.24, 2.45) is 0 Å². The lowest BCUT2D eigenvalue weighted by Gasteiger charge is -2.06. The normalized spacial score (nSPS) is 9.63. The lowest BCUT2D eigenvalue weighted by molar-refractivity contribution is -0.137. The largest absolute Gasteiger partial charge is 0.481 e. The van der Waals surface area contributed by atoms with Gasteiger partial charge in [0, 0.05) is 12.1 Å². The standard InChI is InChI=1S/C13H15N3O3/c14-8-10-3-5-11(6-4-10)16-12(17)9-15-7-1-2-13(18)19/h3-6,15H,1-2,7,9H2,(H,16,17)(H,18,19). The van der Waals surface area contributed by atoms with Crippen molar-refractivity contribution in [3.05, 3.63) is 29.8 Å². The van der Waals surface area contributed by atoms with Crippen molar-refractivity contribution >= 4 is 17.6 Å². The SMILES string of the molecule is N#Cc1ccc(NC(=O)CNCCCC(=O)O)cc1. The monoisotopic (exact) mass is 261 g/mol. The van der Waals surface area contributed by atoms with Gasteiger partial charge in [0.05, 0.1) is 18.2 Å². The highest BCUT2D eigenvalue weighted by Gasteiger charge is 2.02. The molecule has 0 saturated heterocycles. The summed E-state index contributed by atoms with van der Waals surface area (Å²) in [4.78, 5) is 21.8. The molecular formula is C13H15N3O3. The number of benzene rings is 1. The van der Waals surface area contributed by atoms with E-state index in [0.29, 0.717) is 24.2 Å². The molecule has 0 heterocycles. The molecule has 0 atom stereocenters. The van der Waals surface area contributed by atoms with Gasteiger partial charge in [-0.2, -0.15) is 5.26 Å². The van der Waals surface area contributed by atoms with Crippen molar-refractivity contribution in [2.45, 2.75) is 12.8 Å². The molecule has 0 spiro atoms. The smallest absolute Gasteiger partial charge is 0.303 e. The van der Waals surface area contributed by atoms with Crippen LogP contribution in [0.2, 0.25) is 0 Å². The molecule has 0 saturated carbocycles. The maximum absolute atomic E-state index is 11.5.